The van der Waals surface area contributed by atoms with Gasteiger partial charge in [0.15, 0.2) is 11.5 Å². The molecule has 9 nitrogen and oxygen atoms in total. The Bertz CT molecular complexity index is 832. The lowest BCUT2D eigenvalue weighted by molar-refractivity contribution is -0.141. The number of nitrogens with zero attached hydrogens (tertiary/aromatic N) is 3. The number of hydrogen-bond donors (Lipinski definition) is 2. The lowest BCUT2D eigenvalue weighted by Gasteiger charge is -2.13. The van der Waals surface area contributed by atoms with E-state index < -0.39 is 0 Å². The second-order valence-corrected chi connectivity index (χ2v) is 4.86. The van der Waals surface area contributed by atoms with E-state index in [1.165, 1.54) is 14.0 Å². The number of benzene rings is 1. The fourth-order valence-corrected chi connectivity index (χ4v) is 2.09. The zero-order valence-corrected chi connectivity index (χ0v) is 13.8. The van der Waals surface area contributed by atoms with Gasteiger partial charge in [0.05, 0.1) is 12.8 Å². The van der Waals surface area contributed by atoms with Crippen LogP contribution in [0.15, 0.2) is 18.2 Å². The van der Waals surface area contributed by atoms with Crippen molar-refractivity contribution in [1.29, 1.82) is 5.26 Å². The van der Waals surface area contributed by atoms with Gasteiger partial charge in [-0.1, -0.05) is 0 Å². The van der Waals surface area contributed by atoms with Crippen LogP contribution in [0.5, 0.6) is 11.5 Å². The summed E-state index contributed by atoms with van der Waals surface area (Å²) in [6.45, 7) is 1.62. The Balaban J connectivity index is 2.30. The van der Waals surface area contributed by atoms with Gasteiger partial charge in [-0.05, 0) is 18.2 Å². The number of nitrogens with two attached hydrogens (primary N) is 2. The Kier molecular flexibility index (Phi) is 5.58. The van der Waals surface area contributed by atoms with E-state index in [4.69, 9.17) is 25.7 Å². The lowest BCUT2D eigenvalue weighted by atomic mass is 10.1. The van der Waals surface area contributed by atoms with Crippen molar-refractivity contribution in [3.8, 4) is 28.8 Å². The molecular weight excluding hydrogens is 326 g/mol. The van der Waals surface area contributed by atoms with Gasteiger partial charge in [0.25, 0.3) is 0 Å². The first kappa shape index (κ1) is 17.8. The summed E-state index contributed by atoms with van der Waals surface area (Å²) in [4.78, 5) is 18.6. The maximum Gasteiger partial charge on any atom is 0.302 e. The lowest BCUT2D eigenvalue weighted by Crippen LogP contribution is -2.10. The van der Waals surface area contributed by atoms with Crippen LogP contribution in [0.3, 0.4) is 0 Å². The van der Waals surface area contributed by atoms with Crippen LogP contribution in [-0.2, 0) is 9.53 Å². The second kappa shape index (κ2) is 7.83. The van der Waals surface area contributed by atoms with Crippen LogP contribution >= 0.6 is 0 Å². The van der Waals surface area contributed by atoms with Crippen LogP contribution in [0.4, 0.5) is 11.8 Å². The smallest absolute Gasteiger partial charge is 0.302 e. The molecule has 1 heterocycles. The van der Waals surface area contributed by atoms with Crippen molar-refractivity contribution in [2.75, 3.05) is 31.8 Å². The van der Waals surface area contributed by atoms with Crippen LogP contribution < -0.4 is 20.9 Å². The maximum atomic E-state index is 10.7. The fraction of sp³-hybridized carbons (Fsp3) is 0.250. The van der Waals surface area contributed by atoms with Gasteiger partial charge in [0.1, 0.15) is 30.7 Å². The molecule has 1 aromatic heterocycles. The normalized spacial score (nSPS) is 9.96. The summed E-state index contributed by atoms with van der Waals surface area (Å²) < 4.78 is 15.6. The highest BCUT2D eigenvalue weighted by atomic mass is 16.6. The molecule has 0 atom stereocenters. The number of aromatic nitrogens is 2. The Labute approximate surface area is 144 Å². The topological polar surface area (TPSA) is 146 Å². The van der Waals surface area contributed by atoms with E-state index in [0.29, 0.717) is 22.8 Å². The van der Waals surface area contributed by atoms with Crippen LogP contribution in [0.25, 0.3) is 11.3 Å². The number of hydrogen-bond acceptors (Lipinski definition) is 9. The third-order valence-corrected chi connectivity index (χ3v) is 3.15. The molecule has 1 aromatic carbocycles. The third-order valence-electron chi connectivity index (χ3n) is 3.15. The molecule has 0 spiro atoms. The van der Waals surface area contributed by atoms with Crippen molar-refractivity contribution in [1.82, 2.24) is 9.97 Å². The zero-order chi connectivity index (χ0) is 18.4. The minimum absolute atomic E-state index is 0.00525. The van der Waals surface area contributed by atoms with E-state index in [2.05, 4.69) is 9.97 Å². The van der Waals surface area contributed by atoms with Gasteiger partial charge in [-0.2, -0.15) is 10.2 Å². The first-order chi connectivity index (χ1) is 12.0. The molecule has 0 radical (unpaired) electrons. The van der Waals surface area contributed by atoms with E-state index in [9.17, 15) is 10.1 Å². The summed E-state index contributed by atoms with van der Waals surface area (Å²) in [6, 6.07) is 6.95. The summed E-state index contributed by atoms with van der Waals surface area (Å²) in [7, 11) is 1.48. The molecule has 0 fully saturated rings. The van der Waals surface area contributed by atoms with Crippen molar-refractivity contribution >= 4 is 17.7 Å². The van der Waals surface area contributed by atoms with Gasteiger partial charge in [0.2, 0.25) is 5.95 Å². The number of ether oxygens (including phenoxy) is 3. The maximum absolute atomic E-state index is 10.7. The monoisotopic (exact) mass is 343 g/mol. The Morgan fingerprint density at radius 3 is 2.64 bits per heavy atom. The highest BCUT2D eigenvalue weighted by Crippen LogP contribution is 2.34. The number of carbonyl (C=O) groups is 1. The number of anilines is 2. The fourth-order valence-electron chi connectivity index (χ4n) is 2.09. The molecule has 0 amide bonds. The van der Waals surface area contributed by atoms with E-state index in [1.54, 1.807) is 18.2 Å². The Morgan fingerprint density at radius 1 is 1.24 bits per heavy atom. The predicted molar refractivity (Wildman–Crippen MR) is 89.7 cm³/mol. The quantitative estimate of drug-likeness (QED) is 0.581. The van der Waals surface area contributed by atoms with Gasteiger partial charge in [-0.15, -0.1) is 0 Å². The van der Waals surface area contributed by atoms with Crippen molar-refractivity contribution < 1.29 is 19.0 Å². The minimum atomic E-state index is -0.381. The molecule has 0 bridgehead atoms. The van der Waals surface area contributed by atoms with Crippen LogP contribution in [0.1, 0.15) is 12.5 Å². The van der Waals surface area contributed by atoms with Crippen LogP contribution in [0.2, 0.25) is 0 Å². The first-order valence-electron chi connectivity index (χ1n) is 7.24. The van der Waals surface area contributed by atoms with E-state index in [-0.39, 0.29) is 36.5 Å². The molecule has 0 aliphatic carbocycles. The average molecular weight is 343 g/mol. The standard InChI is InChI=1S/C16H17N5O4/c1-9(22)24-5-6-25-12-4-3-10(7-13(12)23-2)14-11(8-17)15(18)21-16(19)20-14/h3-4,7H,5-6H2,1-2H3,(H4,18,19,20,21). The first-order valence-corrected chi connectivity index (χ1v) is 7.24. The highest BCUT2D eigenvalue weighted by Gasteiger charge is 2.15. The van der Waals surface area contributed by atoms with Gasteiger partial charge < -0.3 is 25.7 Å². The highest BCUT2D eigenvalue weighted by molar-refractivity contribution is 5.74. The molecule has 130 valence electrons. The molecule has 4 N–H and O–H groups in total. The predicted octanol–water partition coefficient (Wildman–Crippen LogP) is 1.13. The number of rotatable bonds is 6. The number of nitriles is 1. The zero-order valence-electron chi connectivity index (χ0n) is 13.8. The van der Waals surface area contributed by atoms with E-state index in [1.807, 2.05) is 6.07 Å². The summed E-state index contributed by atoms with van der Waals surface area (Å²) in [5, 5.41) is 9.27. The van der Waals surface area contributed by atoms with Gasteiger partial charge in [-0.3, -0.25) is 4.79 Å². The van der Waals surface area contributed by atoms with E-state index >= 15 is 0 Å². The number of carbonyl (C=O) groups excluding carboxylic acids is 1. The van der Waals surface area contributed by atoms with Crippen LogP contribution in [-0.4, -0.2) is 36.3 Å². The SMILES string of the molecule is COc1cc(-c2nc(N)nc(N)c2C#N)ccc1OCCOC(C)=O. The Morgan fingerprint density at radius 2 is 2.00 bits per heavy atom. The Hall–Kier alpha value is -3.54. The van der Waals surface area contributed by atoms with Crippen molar-refractivity contribution in [3.05, 3.63) is 23.8 Å². The molecule has 9 heteroatoms. The third kappa shape index (κ3) is 4.26. The summed E-state index contributed by atoms with van der Waals surface area (Å²) in [5.74, 6) is 0.457. The van der Waals surface area contributed by atoms with Gasteiger partial charge >= 0.3 is 5.97 Å². The van der Waals surface area contributed by atoms with Crippen LogP contribution in [0, 0.1) is 11.3 Å². The summed E-state index contributed by atoms with van der Waals surface area (Å²) >= 11 is 0. The van der Waals surface area contributed by atoms with Gasteiger partial charge in [-0.25, -0.2) is 4.98 Å². The largest absolute Gasteiger partial charge is 0.493 e. The minimum Gasteiger partial charge on any atom is -0.493 e. The number of esters is 1. The molecule has 25 heavy (non-hydrogen) atoms. The van der Waals surface area contributed by atoms with Crippen molar-refractivity contribution in [2.45, 2.75) is 6.92 Å². The van der Waals surface area contributed by atoms with Crippen molar-refractivity contribution in [2.24, 2.45) is 0 Å². The molecular formula is C16H17N5O4. The van der Waals surface area contributed by atoms with E-state index in [0.717, 1.165) is 0 Å². The molecule has 2 rings (SSSR count). The molecule has 0 unspecified atom stereocenters. The molecule has 2 aromatic rings. The molecule has 0 saturated carbocycles. The summed E-state index contributed by atoms with van der Waals surface area (Å²) in [5.41, 5.74) is 12.3. The molecule has 0 aliphatic heterocycles. The molecule has 0 aliphatic rings. The van der Waals surface area contributed by atoms with Gasteiger partial charge in [0, 0.05) is 12.5 Å². The van der Waals surface area contributed by atoms with Crippen molar-refractivity contribution in [3.63, 3.8) is 0 Å². The summed E-state index contributed by atoms with van der Waals surface area (Å²) in [6.07, 6.45) is 0. The average Bonchev–Trinajstić information content (AvgIpc) is 2.58. The second-order valence-electron chi connectivity index (χ2n) is 4.86. The number of methoxy groups -OCH3 is 1. The number of nitrogen functional groups attached to an aromatic ring is 2. The molecule has 0 saturated heterocycles.